The Morgan fingerprint density at radius 3 is 3.08 bits per heavy atom. The molecule has 0 aliphatic heterocycles. The van der Waals surface area contributed by atoms with Gasteiger partial charge in [-0.05, 0) is 17.0 Å². The van der Waals surface area contributed by atoms with E-state index in [1.807, 2.05) is 6.92 Å². The summed E-state index contributed by atoms with van der Waals surface area (Å²) in [7, 11) is 1.66. The number of nitrogens with zero attached hydrogens (tertiary/aromatic N) is 4. The number of aromatic nitrogens is 4. The number of hydrogen-bond donors (Lipinski definition) is 1. The largest absolute Gasteiger partial charge is 0.383 e. The van der Waals surface area contributed by atoms with Crippen LogP contribution in [0.5, 0.6) is 0 Å². The zero-order valence-corrected chi connectivity index (χ0v) is 8.03. The normalized spacial score (nSPS) is 10.6. The molecule has 0 fully saturated rings. The summed E-state index contributed by atoms with van der Waals surface area (Å²) >= 11 is 0. The van der Waals surface area contributed by atoms with Crippen LogP contribution in [0.3, 0.4) is 0 Å². The van der Waals surface area contributed by atoms with E-state index in [0.29, 0.717) is 19.7 Å². The van der Waals surface area contributed by atoms with Crippen LogP contribution in [0.15, 0.2) is 0 Å². The Labute approximate surface area is 77.3 Å². The van der Waals surface area contributed by atoms with E-state index in [2.05, 4.69) is 20.8 Å². The molecule has 0 radical (unpaired) electrons. The third-order valence-corrected chi connectivity index (χ3v) is 1.65. The molecule has 74 valence electrons. The van der Waals surface area contributed by atoms with Gasteiger partial charge in [0.15, 0.2) is 5.82 Å². The van der Waals surface area contributed by atoms with Crippen LogP contribution >= 0.6 is 0 Å². The van der Waals surface area contributed by atoms with E-state index in [1.165, 1.54) is 0 Å². The van der Waals surface area contributed by atoms with Crippen molar-refractivity contribution in [3.63, 3.8) is 0 Å². The molecule has 0 bridgehead atoms. The summed E-state index contributed by atoms with van der Waals surface area (Å²) < 4.78 is 6.68. The number of methoxy groups -OCH3 is 1. The second kappa shape index (κ2) is 5.60. The van der Waals surface area contributed by atoms with Crippen molar-refractivity contribution in [2.24, 2.45) is 0 Å². The zero-order valence-electron chi connectivity index (χ0n) is 8.03. The maximum Gasteiger partial charge on any atom is 0.165 e. The molecule has 1 aromatic rings. The molecular formula is C7H15N5O. The van der Waals surface area contributed by atoms with Gasteiger partial charge in [-0.1, -0.05) is 6.92 Å². The van der Waals surface area contributed by atoms with E-state index >= 15 is 0 Å². The Morgan fingerprint density at radius 2 is 2.38 bits per heavy atom. The molecule has 13 heavy (non-hydrogen) atoms. The lowest BCUT2D eigenvalue weighted by molar-refractivity contribution is 0.181. The van der Waals surface area contributed by atoms with Gasteiger partial charge in [-0.25, -0.2) is 4.68 Å². The van der Waals surface area contributed by atoms with Crippen LogP contribution < -0.4 is 5.32 Å². The third-order valence-electron chi connectivity index (χ3n) is 1.65. The van der Waals surface area contributed by atoms with Crippen LogP contribution in [0.2, 0.25) is 0 Å². The first kappa shape index (κ1) is 10.1. The smallest absolute Gasteiger partial charge is 0.165 e. The van der Waals surface area contributed by atoms with Gasteiger partial charge in [0.25, 0.3) is 0 Å². The van der Waals surface area contributed by atoms with Gasteiger partial charge in [-0.2, -0.15) is 0 Å². The van der Waals surface area contributed by atoms with E-state index in [9.17, 15) is 0 Å². The summed E-state index contributed by atoms with van der Waals surface area (Å²) in [5.74, 6) is 0.846. The Balaban J connectivity index is 2.45. The Bertz CT molecular complexity index is 214. The van der Waals surface area contributed by atoms with Gasteiger partial charge in [0.1, 0.15) is 0 Å². The Kier molecular flexibility index (Phi) is 4.34. The van der Waals surface area contributed by atoms with Crippen molar-refractivity contribution in [3.05, 3.63) is 5.82 Å². The highest BCUT2D eigenvalue weighted by Gasteiger charge is 2.03. The van der Waals surface area contributed by atoms with Crippen LogP contribution in [0.4, 0.5) is 0 Å². The van der Waals surface area contributed by atoms with Crippen molar-refractivity contribution in [3.8, 4) is 0 Å². The molecule has 0 aliphatic rings. The fraction of sp³-hybridized carbons (Fsp3) is 0.857. The molecule has 1 N–H and O–H groups in total. The quantitative estimate of drug-likeness (QED) is 0.643. The van der Waals surface area contributed by atoms with Crippen LogP contribution in [0, 0.1) is 0 Å². The van der Waals surface area contributed by atoms with Crippen molar-refractivity contribution >= 4 is 0 Å². The minimum Gasteiger partial charge on any atom is -0.383 e. The van der Waals surface area contributed by atoms with Crippen LogP contribution in [-0.2, 0) is 17.8 Å². The highest BCUT2D eigenvalue weighted by molar-refractivity contribution is 4.79. The minimum absolute atomic E-state index is 0.629. The lowest BCUT2D eigenvalue weighted by Gasteiger charge is -2.03. The average molecular weight is 185 g/mol. The second-order valence-electron chi connectivity index (χ2n) is 2.59. The van der Waals surface area contributed by atoms with Crippen molar-refractivity contribution in [1.29, 1.82) is 0 Å². The van der Waals surface area contributed by atoms with Crippen LogP contribution in [-0.4, -0.2) is 40.5 Å². The topological polar surface area (TPSA) is 64.9 Å². The number of ether oxygens (including phenoxy) is 1. The number of hydrogen-bond acceptors (Lipinski definition) is 5. The van der Waals surface area contributed by atoms with Crippen molar-refractivity contribution in [1.82, 2.24) is 25.5 Å². The SMILES string of the molecule is CCNCc1nnnn1CCOC. The molecule has 0 atom stereocenters. The van der Waals surface area contributed by atoms with E-state index < -0.39 is 0 Å². The van der Waals surface area contributed by atoms with Gasteiger partial charge in [-0.15, -0.1) is 5.10 Å². The van der Waals surface area contributed by atoms with Crippen LogP contribution in [0.1, 0.15) is 12.7 Å². The Morgan fingerprint density at radius 1 is 1.54 bits per heavy atom. The average Bonchev–Trinajstić information content (AvgIpc) is 2.59. The van der Waals surface area contributed by atoms with E-state index in [-0.39, 0.29) is 0 Å². The monoisotopic (exact) mass is 185 g/mol. The standard InChI is InChI=1S/C7H15N5O/c1-3-8-6-7-9-10-11-12(7)4-5-13-2/h8H,3-6H2,1-2H3. The molecule has 0 aromatic carbocycles. The van der Waals surface area contributed by atoms with Gasteiger partial charge in [0.05, 0.1) is 19.7 Å². The van der Waals surface area contributed by atoms with Crippen LogP contribution in [0.25, 0.3) is 0 Å². The van der Waals surface area contributed by atoms with Gasteiger partial charge < -0.3 is 10.1 Å². The molecule has 0 saturated carbocycles. The predicted molar refractivity (Wildman–Crippen MR) is 47.1 cm³/mol. The first-order valence-corrected chi connectivity index (χ1v) is 4.33. The molecular weight excluding hydrogens is 170 g/mol. The summed E-state index contributed by atoms with van der Waals surface area (Å²) in [4.78, 5) is 0. The molecule has 0 aliphatic carbocycles. The van der Waals surface area contributed by atoms with E-state index in [1.54, 1.807) is 11.8 Å². The number of rotatable bonds is 6. The molecule has 0 saturated heterocycles. The van der Waals surface area contributed by atoms with Crippen molar-refractivity contribution in [2.45, 2.75) is 20.0 Å². The first-order valence-electron chi connectivity index (χ1n) is 4.33. The lowest BCUT2D eigenvalue weighted by atomic mass is 10.5. The second-order valence-corrected chi connectivity index (χ2v) is 2.59. The Hall–Kier alpha value is -1.01. The molecule has 1 rings (SSSR count). The van der Waals surface area contributed by atoms with Gasteiger partial charge in [0, 0.05) is 7.11 Å². The minimum atomic E-state index is 0.629. The summed E-state index contributed by atoms with van der Waals surface area (Å²) in [5, 5.41) is 14.5. The maximum atomic E-state index is 4.94. The molecule has 6 heteroatoms. The summed E-state index contributed by atoms with van der Waals surface area (Å²) in [6, 6.07) is 0. The molecule has 0 amide bonds. The molecule has 0 unspecified atom stereocenters. The summed E-state index contributed by atoms with van der Waals surface area (Å²) in [6.45, 7) is 4.99. The fourth-order valence-corrected chi connectivity index (χ4v) is 0.938. The summed E-state index contributed by atoms with van der Waals surface area (Å²) in [5.41, 5.74) is 0. The molecule has 6 nitrogen and oxygen atoms in total. The molecule has 1 aromatic heterocycles. The van der Waals surface area contributed by atoms with Gasteiger partial charge in [0.2, 0.25) is 0 Å². The highest BCUT2D eigenvalue weighted by Crippen LogP contribution is 1.91. The van der Waals surface area contributed by atoms with Crippen molar-refractivity contribution in [2.75, 3.05) is 20.3 Å². The fourth-order valence-electron chi connectivity index (χ4n) is 0.938. The predicted octanol–water partition coefficient (Wildman–Crippen LogP) is -0.571. The van der Waals surface area contributed by atoms with Crippen molar-refractivity contribution < 1.29 is 4.74 Å². The number of tetrazole rings is 1. The summed E-state index contributed by atoms with van der Waals surface area (Å²) in [6.07, 6.45) is 0. The highest BCUT2D eigenvalue weighted by atomic mass is 16.5. The van der Waals surface area contributed by atoms with E-state index in [0.717, 1.165) is 12.4 Å². The first-order chi connectivity index (χ1) is 6.38. The zero-order chi connectivity index (χ0) is 9.52. The molecule has 0 spiro atoms. The van der Waals surface area contributed by atoms with Gasteiger partial charge in [-0.3, -0.25) is 0 Å². The maximum absolute atomic E-state index is 4.94. The van der Waals surface area contributed by atoms with Gasteiger partial charge >= 0.3 is 0 Å². The lowest BCUT2D eigenvalue weighted by Crippen LogP contribution is -2.18. The molecule has 1 heterocycles. The number of nitrogens with one attached hydrogen (secondary N) is 1. The third kappa shape index (κ3) is 3.08. The van der Waals surface area contributed by atoms with E-state index in [4.69, 9.17) is 4.74 Å².